The van der Waals surface area contributed by atoms with Crippen molar-refractivity contribution in [1.82, 2.24) is 0 Å². The predicted molar refractivity (Wildman–Crippen MR) is 73.5 cm³/mol. The lowest BCUT2D eigenvalue weighted by atomic mass is 10.1. The van der Waals surface area contributed by atoms with Gasteiger partial charge in [0.05, 0.1) is 0 Å². The van der Waals surface area contributed by atoms with Crippen LogP contribution in [-0.2, 0) is 6.42 Å². The Morgan fingerprint density at radius 3 is 2.00 bits per heavy atom. The first-order valence-corrected chi connectivity index (χ1v) is 6.93. The van der Waals surface area contributed by atoms with Gasteiger partial charge in [-0.05, 0) is 36.6 Å². The molecule has 0 radical (unpaired) electrons. The molecule has 2 heteroatoms. The van der Waals surface area contributed by atoms with Crippen LogP contribution in [0, 0.1) is 0 Å². The lowest BCUT2D eigenvalue weighted by molar-refractivity contribution is 0.607. The van der Waals surface area contributed by atoms with Gasteiger partial charge in [-0.1, -0.05) is 62.2 Å². The molecule has 0 aromatic heterocycles. The molecule has 0 amide bonds. The molecule has 1 rings (SSSR count). The van der Waals surface area contributed by atoms with Crippen molar-refractivity contribution in [2.75, 3.05) is 0 Å². The smallest absolute Gasteiger partial charge is 0.0423 e. The Morgan fingerprint density at radius 2 is 1.38 bits per heavy atom. The molecule has 0 N–H and O–H groups in total. The summed E-state index contributed by atoms with van der Waals surface area (Å²) >= 11 is 11.9. The van der Waals surface area contributed by atoms with Gasteiger partial charge in [-0.2, -0.15) is 0 Å². The van der Waals surface area contributed by atoms with Crippen LogP contribution in [0.5, 0.6) is 0 Å². The Morgan fingerprint density at radius 1 is 0.812 bits per heavy atom. The van der Waals surface area contributed by atoms with Gasteiger partial charge in [-0.3, -0.25) is 0 Å². The molecule has 0 spiro atoms. The van der Waals surface area contributed by atoms with Gasteiger partial charge in [-0.15, -0.1) is 0 Å². The summed E-state index contributed by atoms with van der Waals surface area (Å²) in [4.78, 5) is 0. The molecule has 0 fully saturated rings. The van der Waals surface area contributed by atoms with Gasteiger partial charge in [0.15, 0.2) is 0 Å². The Kier molecular flexibility index (Phi) is 6.91. The second-order valence-electron chi connectivity index (χ2n) is 4.30. The average molecular weight is 259 g/mol. The van der Waals surface area contributed by atoms with E-state index in [1.54, 1.807) is 6.07 Å². The Balaban J connectivity index is 2.21. The summed E-state index contributed by atoms with van der Waals surface area (Å²) in [7, 11) is 0. The van der Waals surface area contributed by atoms with Gasteiger partial charge >= 0.3 is 0 Å². The predicted octanol–water partition coefficient (Wildman–Crippen LogP) is 5.90. The summed E-state index contributed by atoms with van der Waals surface area (Å²) in [5, 5.41) is 1.49. The minimum absolute atomic E-state index is 0.744. The first kappa shape index (κ1) is 13.9. The molecule has 90 valence electrons. The van der Waals surface area contributed by atoms with E-state index in [0.717, 1.165) is 16.5 Å². The number of halogens is 2. The Hall–Kier alpha value is -0.200. The molecule has 0 heterocycles. The lowest BCUT2D eigenvalue weighted by Gasteiger charge is -2.03. The van der Waals surface area contributed by atoms with E-state index in [9.17, 15) is 0 Å². The maximum Gasteiger partial charge on any atom is 0.0423 e. The largest absolute Gasteiger partial charge is 0.0843 e. The van der Waals surface area contributed by atoms with E-state index in [1.807, 2.05) is 12.1 Å². The molecule has 0 saturated carbocycles. The Labute approximate surface area is 109 Å². The Bertz CT molecular complexity index is 287. The fraction of sp³-hybridized carbons (Fsp3) is 0.571. The topological polar surface area (TPSA) is 0 Å². The minimum atomic E-state index is 0.744. The minimum Gasteiger partial charge on any atom is -0.0843 e. The summed E-state index contributed by atoms with van der Waals surface area (Å²) in [5.74, 6) is 0. The quantitative estimate of drug-likeness (QED) is 0.535. The first-order valence-electron chi connectivity index (χ1n) is 6.17. The highest BCUT2D eigenvalue weighted by Gasteiger charge is 1.98. The van der Waals surface area contributed by atoms with E-state index in [0.29, 0.717) is 0 Å². The van der Waals surface area contributed by atoms with Crippen LogP contribution in [0.25, 0.3) is 0 Å². The fourth-order valence-electron chi connectivity index (χ4n) is 1.86. The highest BCUT2D eigenvalue weighted by molar-refractivity contribution is 6.34. The lowest BCUT2D eigenvalue weighted by Crippen LogP contribution is -1.86. The summed E-state index contributed by atoms with van der Waals surface area (Å²) < 4.78 is 0. The second-order valence-corrected chi connectivity index (χ2v) is 5.17. The van der Waals surface area contributed by atoms with Crippen molar-refractivity contribution >= 4 is 23.2 Å². The normalized spacial score (nSPS) is 10.7. The van der Waals surface area contributed by atoms with Crippen LogP contribution >= 0.6 is 23.2 Å². The number of benzene rings is 1. The van der Waals surface area contributed by atoms with Crippen molar-refractivity contribution in [1.29, 1.82) is 0 Å². The fourth-order valence-corrected chi connectivity index (χ4v) is 2.44. The van der Waals surface area contributed by atoms with Crippen LogP contribution in [0.1, 0.15) is 51.0 Å². The van der Waals surface area contributed by atoms with Crippen molar-refractivity contribution < 1.29 is 0 Å². The molecule has 0 aliphatic carbocycles. The third-order valence-corrected chi connectivity index (χ3v) is 3.18. The molecule has 16 heavy (non-hydrogen) atoms. The van der Waals surface area contributed by atoms with Crippen molar-refractivity contribution in [2.45, 2.75) is 51.9 Å². The van der Waals surface area contributed by atoms with Crippen molar-refractivity contribution in [3.8, 4) is 0 Å². The van der Waals surface area contributed by atoms with E-state index >= 15 is 0 Å². The third kappa shape index (κ3) is 5.77. The summed E-state index contributed by atoms with van der Waals surface area (Å²) in [6, 6.07) is 5.81. The molecule has 0 saturated heterocycles. The number of unbranched alkanes of at least 4 members (excludes halogenated alkanes) is 5. The highest BCUT2D eigenvalue weighted by Crippen LogP contribution is 2.20. The summed E-state index contributed by atoms with van der Waals surface area (Å²) in [5.41, 5.74) is 1.26. The zero-order valence-corrected chi connectivity index (χ0v) is 11.4. The molecule has 0 atom stereocenters. The van der Waals surface area contributed by atoms with E-state index in [4.69, 9.17) is 23.2 Å². The number of aryl methyl sites for hydroxylation is 1. The van der Waals surface area contributed by atoms with Crippen molar-refractivity contribution in [3.05, 3.63) is 33.8 Å². The van der Waals surface area contributed by atoms with Crippen LogP contribution in [0.15, 0.2) is 18.2 Å². The van der Waals surface area contributed by atoms with Crippen molar-refractivity contribution in [2.24, 2.45) is 0 Å². The van der Waals surface area contributed by atoms with Gasteiger partial charge in [0.2, 0.25) is 0 Å². The van der Waals surface area contributed by atoms with Crippen LogP contribution in [0.4, 0.5) is 0 Å². The zero-order chi connectivity index (χ0) is 11.8. The van der Waals surface area contributed by atoms with Crippen LogP contribution in [0.2, 0.25) is 10.0 Å². The molecule has 0 nitrogen and oxygen atoms in total. The third-order valence-electron chi connectivity index (χ3n) is 2.74. The standard InChI is InChI=1S/C14H20Cl2/c1-2-3-4-5-6-7-8-12-9-13(15)11-14(16)10-12/h9-11H,2-8H2,1H3. The van der Waals surface area contributed by atoms with Gasteiger partial charge < -0.3 is 0 Å². The van der Waals surface area contributed by atoms with E-state index < -0.39 is 0 Å². The second kappa shape index (κ2) is 7.97. The number of rotatable bonds is 7. The van der Waals surface area contributed by atoms with Crippen LogP contribution in [-0.4, -0.2) is 0 Å². The summed E-state index contributed by atoms with van der Waals surface area (Å²) in [6.45, 7) is 2.24. The number of hydrogen-bond acceptors (Lipinski definition) is 0. The monoisotopic (exact) mass is 258 g/mol. The van der Waals surface area contributed by atoms with Crippen LogP contribution in [0.3, 0.4) is 0 Å². The van der Waals surface area contributed by atoms with Crippen molar-refractivity contribution in [3.63, 3.8) is 0 Å². The molecule has 1 aromatic rings. The molecular weight excluding hydrogens is 239 g/mol. The summed E-state index contributed by atoms with van der Waals surface area (Å²) in [6.07, 6.45) is 9.03. The first-order chi connectivity index (χ1) is 7.72. The number of hydrogen-bond donors (Lipinski definition) is 0. The van der Waals surface area contributed by atoms with E-state index in [-0.39, 0.29) is 0 Å². The molecule has 0 bridgehead atoms. The zero-order valence-electron chi connectivity index (χ0n) is 9.94. The SMILES string of the molecule is CCCCCCCCc1cc(Cl)cc(Cl)c1. The van der Waals surface area contributed by atoms with Crippen LogP contribution < -0.4 is 0 Å². The maximum absolute atomic E-state index is 5.95. The van der Waals surface area contributed by atoms with Gasteiger partial charge in [-0.25, -0.2) is 0 Å². The van der Waals surface area contributed by atoms with Gasteiger partial charge in [0.25, 0.3) is 0 Å². The molecular formula is C14H20Cl2. The van der Waals surface area contributed by atoms with Gasteiger partial charge in [0, 0.05) is 10.0 Å². The molecule has 0 aliphatic heterocycles. The molecule has 0 unspecified atom stereocenters. The van der Waals surface area contributed by atoms with Gasteiger partial charge in [0.1, 0.15) is 0 Å². The maximum atomic E-state index is 5.95. The van der Waals surface area contributed by atoms with E-state index in [2.05, 4.69) is 6.92 Å². The molecule has 1 aromatic carbocycles. The molecule has 0 aliphatic rings. The highest BCUT2D eigenvalue weighted by atomic mass is 35.5. The van der Waals surface area contributed by atoms with E-state index in [1.165, 1.54) is 44.1 Å². The average Bonchev–Trinajstić information content (AvgIpc) is 2.22.